The van der Waals surface area contributed by atoms with Gasteiger partial charge in [-0.3, -0.25) is 0 Å². The van der Waals surface area contributed by atoms with Crippen LogP contribution in [0.3, 0.4) is 0 Å². The Bertz CT molecular complexity index is 509. The van der Waals surface area contributed by atoms with Crippen molar-refractivity contribution in [2.24, 2.45) is 0 Å². The molecule has 0 bridgehead atoms. The Kier molecular flexibility index (Phi) is 6.67. The largest absolute Gasteiger partial charge is 0.444 e. The molecule has 0 aromatic heterocycles. The van der Waals surface area contributed by atoms with E-state index in [0.29, 0.717) is 13.2 Å². The van der Waals surface area contributed by atoms with Crippen LogP contribution in [0.4, 0.5) is 4.79 Å². The lowest BCUT2D eigenvalue weighted by Crippen LogP contribution is -2.40. The molecule has 1 aromatic rings. The summed E-state index contributed by atoms with van der Waals surface area (Å²) in [4.78, 5) is 14.4. The molecule has 4 nitrogen and oxygen atoms in total. The molecule has 134 valence electrons. The van der Waals surface area contributed by atoms with Gasteiger partial charge in [0, 0.05) is 6.04 Å². The molecule has 1 fully saturated rings. The lowest BCUT2D eigenvalue weighted by atomic mass is 10.1. The van der Waals surface area contributed by atoms with Gasteiger partial charge in [0.2, 0.25) is 0 Å². The van der Waals surface area contributed by atoms with Crippen LogP contribution in [0.25, 0.3) is 0 Å². The average molecular weight is 333 g/mol. The molecule has 1 aliphatic heterocycles. The summed E-state index contributed by atoms with van der Waals surface area (Å²) in [5, 5.41) is 0. The topological polar surface area (TPSA) is 38.8 Å². The number of carbonyl (C=O) groups excluding carboxylic acids is 1. The monoisotopic (exact) mass is 333 g/mol. The molecule has 0 N–H and O–H groups in total. The lowest BCUT2D eigenvalue weighted by molar-refractivity contribution is 0.0145. The number of amides is 1. The van der Waals surface area contributed by atoms with Crippen LogP contribution >= 0.6 is 0 Å². The van der Waals surface area contributed by atoms with E-state index in [0.717, 1.165) is 25.7 Å². The molecule has 2 rings (SSSR count). The molecule has 0 spiro atoms. The van der Waals surface area contributed by atoms with Gasteiger partial charge in [-0.05, 0) is 39.2 Å². The molecule has 2 unspecified atom stereocenters. The first-order valence-electron chi connectivity index (χ1n) is 9.04. The number of benzene rings is 1. The fourth-order valence-corrected chi connectivity index (χ4v) is 3.04. The van der Waals surface area contributed by atoms with E-state index in [1.165, 1.54) is 5.56 Å². The van der Waals surface area contributed by atoms with Crippen molar-refractivity contribution in [1.29, 1.82) is 0 Å². The van der Waals surface area contributed by atoms with Gasteiger partial charge in [-0.1, -0.05) is 50.1 Å². The van der Waals surface area contributed by atoms with Crippen LogP contribution in [0.1, 0.15) is 58.9 Å². The molecule has 1 saturated heterocycles. The number of rotatable bonds is 6. The van der Waals surface area contributed by atoms with Gasteiger partial charge >= 0.3 is 6.09 Å². The molecule has 0 aliphatic carbocycles. The Labute approximate surface area is 146 Å². The summed E-state index contributed by atoms with van der Waals surface area (Å²) < 4.78 is 11.6. The van der Waals surface area contributed by atoms with Crippen LogP contribution in [0.15, 0.2) is 30.3 Å². The summed E-state index contributed by atoms with van der Waals surface area (Å²) in [7, 11) is 0. The van der Waals surface area contributed by atoms with Gasteiger partial charge in [0.15, 0.2) is 0 Å². The van der Waals surface area contributed by atoms with Gasteiger partial charge < -0.3 is 14.4 Å². The first-order valence-corrected chi connectivity index (χ1v) is 9.04. The summed E-state index contributed by atoms with van der Waals surface area (Å²) in [6.45, 7) is 9.11. The van der Waals surface area contributed by atoms with Crippen LogP contribution < -0.4 is 0 Å². The number of ether oxygens (including phenoxy) is 2. The summed E-state index contributed by atoms with van der Waals surface area (Å²) >= 11 is 0. The number of likely N-dealkylation sites (tertiary alicyclic amines) is 1. The second-order valence-electron chi connectivity index (χ2n) is 7.58. The average Bonchev–Trinajstić information content (AvgIpc) is 2.94. The van der Waals surface area contributed by atoms with Crippen molar-refractivity contribution in [1.82, 2.24) is 4.90 Å². The molecule has 0 radical (unpaired) electrons. The minimum atomic E-state index is -0.463. The van der Waals surface area contributed by atoms with E-state index in [2.05, 4.69) is 19.1 Å². The van der Waals surface area contributed by atoms with E-state index in [9.17, 15) is 4.79 Å². The second-order valence-corrected chi connectivity index (χ2v) is 7.58. The van der Waals surface area contributed by atoms with E-state index in [4.69, 9.17) is 9.47 Å². The highest BCUT2D eigenvalue weighted by atomic mass is 16.6. The van der Waals surface area contributed by atoms with Crippen molar-refractivity contribution in [2.45, 2.75) is 77.7 Å². The number of nitrogens with zero attached hydrogens (tertiary/aromatic N) is 1. The Balaban J connectivity index is 1.94. The highest BCUT2D eigenvalue weighted by Gasteiger charge is 2.37. The van der Waals surface area contributed by atoms with Gasteiger partial charge in [0.05, 0.1) is 19.3 Å². The third kappa shape index (κ3) is 5.82. The molecule has 4 heteroatoms. The molecule has 0 saturated carbocycles. The zero-order valence-electron chi connectivity index (χ0n) is 15.5. The first-order chi connectivity index (χ1) is 11.4. The second kappa shape index (κ2) is 8.52. The zero-order chi connectivity index (χ0) is 17.6. The van der Waals surface area contributed by atoms with Gasteiger partial charge in [0.1, 0.15) is 5.60 Å². The molecule has 1 amide bonds. The van der Waals surface area contributed by atoms with E-state index >= 15 is 0 Å². The van der Waals surface area contributed by atoms with Crippen molar-refractivity contribution in [2.75, 3.05) is 6.54 Å². The number of unbranched alkanes of at least 4 members (excludes halogenated alkanes) is 1. The number of hydrogen-bond acceptors (Lipinski definition) is 3. The minimum Gasteiger partial charge on any atom is -0.444 e. The van der Waals surface area contributed by atoms with Crippen molar-refractivity contribution < 1.29 is 14.3 Å². The molecule has 1 aromatic carbocycles. The smallest absolute Gasteiger partial charge is 0.410 e. The fraction of sp³-hybridized carbons (Fsp3) is 0.650. The Morgan fingerprint density at radius 2 is 1.96 bits per heavy atom. The van der Waals surface area contributed by atoms with Gasteiger partial charge in [-0.25, -0.2) is 4.79 Å². The summed E-state index contributed by atoms with van der Waals surface area (Å²) in [5.74, 6) is 0. The molecule has 1 aliphatic rings. The van der Waals surface area contributed by atoms with Crippen LogP contribution in [0.2, 0.25) is 0 Å². The highest BCUT2D eigenvalue weighted by molar-refractivity contribution is 5.69. The first kappa shape index (κ1) is 18.8. The van der Waals surface area contributed by atoms with Gasteiger partial charge in [-0.2, -0.15) is 0 Å². The molecular weight excluding hydrogens is 302 g/mol. The van der Waals surface area contributed by atoms with E-state index in [1.807, 2.05) is 43.9 Å². The third-order valence-corrected chi connectivity index (χ3v) is 4.22. The Hall–Kier alpha value is -1.55. The van der Waals surface area contributed by atoms with Crippen LogP contribution in [0, 0.1) is 0 Å². The maximum Gasteiger partial charge on any atom is 0.410 e. The highest BCUT2D eigenvalue weighted by Crippen LogP contribution is 2.27. The van der Waals surface area contributed by atoms with Crippen molar-refractivity contribution in [3.63, 3.8) is 0 Å². The standard InChI is InChI=1S/C20H31NO3/c1-5-6-12-17-13-18(23-15-16-10-8-7-9-11-16)14-21(17)19(22)24-20(2,3)4/h7-11,17-18H,5-6,12-15H2,1-4H3. The SMILES string of the molecule is CCCCC1CC(OCc2ccccc2)CN1C(=O)OC(C)(C)C. The third-order valence-electron chi connectivity index (χ3n) is 4.22. The number of carbonyl (C=O) groups is 1. The van der Waals surface area contributed by atoms with Gasteiger partial charge in [0.25, 0.3) is 0 Å². The zero-order valence-corrected chi connectivity index (χ0v) is 15.5. The normalized spacial score (nSPS) is 21.1. The van der Waals surface area contributed by atoms with Crippen LogP contribution in [-0.2, 0) is 16.1 Å². The van der Waals surface area contributed by atoms with Crippen molar-refractivity contribution in [3.8, 4) is 0 Å². The lowest BCUT2D eigenvalue weighted by Gasteiger charge is -2.28. The van der Waals surface area contributed by atoms with E-state index in [1.54, 1.807) is 0 Å². The maximum absolute atomic E-state index is 12.5. The molecule has 1 heterocycles. The fourth-order valence-electron chi connectivity index (χ4n) is 3.04. The number of hydrogen-bond donors (Lipinski definition) is 0. The summed E-state index contributed by atoms with van der Waals surface area (Å²) in [6.07, 6.45) is 4.03. The van der Waals surface area contributed by atoms with Crippen LogP contribution in [0.5, 0.6) is 0 Å². The minimum absolute atomic E-state index is 0.0829. The summed E-state index contributed by atoms with van der Waals surface area (Å²) in [6, 6.07) is 10.4. The van der Waals surface area contributed by atoms with Crippen molar-refractivity contribution >= 4 is 6.09 Å². The Morgan fingerprint density at radius 1 is 1.25 bits per heavy atom. The predicted octanol–water partition coefficient (Wildman–Crippen LogP) is 4.77. The van der Waals surface area contributed by atoms with Crippen molar-refractivity contribution in [3.05, 3.63) is 35.9 Å². The van der Waals surface area contributed by atoms with E-state index < -0.39 is 5.60 Å². The van der Waals surface area contributed by atoms with E-state index in [-0.39, 0.29) is 18.2 Å². The molecule has 2 atom stereocenters. The predicted molar refractivity (Wildman–Crippen MR) is 95.9 cm³/mol. The molecule has 24 heavy (non-hydrogen) atoms. The molecular formula is C20H31NO3. The van der Waals surface area contributed by atoms with Crippen LogP contribution in [-0.4, -0.2) is 35.3 Å². The maximum atomic E-state index is 12.5. The Morgan fingerprint density at radius 3 is 2.58 bits per heavy atom. The quantitative estimate of drug-likeness (QED) is 0.752. The summed E-state index contributed by atoms with van der Waals surface area (Å²) in [5.41, 5.74) is 0.702. The van der Waals surface area contributed by atoms with Gasteiger partial charge in [-0.15, -0.1) is 0 Å².